The van der Waals surface area contributed by atoms with E-state index in [2.05, 4.69) is 60.4 Å². The fourth-order valence-corrected chi connectivity index (χ4v) is 4.27. The summed E-state index contributed by atoms with van der Waals surface area (Å²) in [6.45, 7) is 2.10. The first kappa shape index (κ1) is 15.3. The third-order valence-corrected chi connectivity index (χ3v) is 5.71. The largest absolute Gasteiger partial charge is 0.349 e. The number of aromatic nitrogens is 2. The molecule has 3 nitrogen and oxygen atoms in total. The summed E-state index contributed by atoms with van der Waals surface area (Å²) in [5.74, 6) is 0.0755. The molecule has 6 rings (SSSR count). The molecule has 0 saturated carbocycles. The highest BCUT2D eigenvalue weighted by Gasteiger charge is 2.37. The fraction of sp³-hybridized carbons (Fsp3) is 0.0400. The number of nitrogens with one attached hydrogen (secondary N) is 1. The van der Waals surface area contributed by atoms with Gasteiger partial charge >= 0.3 is 0 Å². The maximum Gasteiger partial charge on any atom is 0.284 e. The van der Waals surface area contributed by atoms with Gasteiger partial charge in [-0.1, -0.05) is 48.0 Å². The minimum absolute atomic E-state index is 0.0755. The van der Waals surface area contributed by atoms with Crippen molar-refractivity contribution in [1.82, 2.24) is 4.98 Å². The van der Waals surface area contributed by atoms with Crippen LogP contribution in [-0.2, 0) is 0 Å². The molecule has 0 fully saturated rings. The lowest BCUT2D eigenvalue weighted by Gasteiger charge is -2.03. The Hall–Kier alpha value is -3.72. The standard InChI is InChI=1S/C25H16N2O/c1-15-6-8-16(9-7-15)17-10-11-21-20(14-17)18-12-13-27-22-5-3-2-4-19(22)25(28)24(27)23(18)26-21/h2-14H,1H3/p+1. The molecule has 2 aromatic heterocycles. The monoisotopic (exact) mass is 361 g/mol. The number of hydrogen-bond donors (Lipinski definition) is 1. The quantitative estimate of drug-likeness (QED) is 0.406. The number of para-hydroxylation sites is 1. The first-order valence-electron chi connectivity index (χ1n) is 9.42. The predicted molar refractivity (Wildman–Crippen MR) is 111 cm³/mol. The summed E-state index contributed by atoms with van der Waals surface area (Å²) in [6.07, 6.45) is 2.01. The molecule has 3 heterocycles. The van der Waals surface area contributed by atoms with E-state index in [-0.39, 0.29) is 5.78 Å². The molecule has 0 radical (unpaired) electrons. The van der Waals surface area contributed by atoms with Crippen molar-refractivity contribution in [2.75, 3.05) is 0 Å². The molecule has 132 valence electrons. The van der Waals surface area contributed by atoms with E-state index in [1.165, 1.54) is 16.7 Å². The van der Waals surface area contributed by atoms with Crippen LogP contribution in [0.15, 0.2) is 79.0 Å². The lowest BCUT2D eigenvalue weighted by molar-refractivity contribution is -0.592. The minimum Gasteiger partial charge on any atom is -0.349 e. The first-order chi connectivity index (χ1) is 13.7. The molecular formula is C25H17N2O+. The van der Waals surface area contributed by atoms with Crippen molar-refractivity contribution in [3.05, 3.63) is 95.8 Å². The zero-order chi connectivity index (χ0) is 18.8. The number of aryl methyl sites for hydroxylation is 1. The second kappa shape index (κ2) is 5.40. The van der Waals surface area contributed by atoms with Crippen LogP contribution >= 0.6 is 0 Å². The highest BCUT2D eigenvalue weighted by atomic mass is 16.1. The first-order valence-corrected chi connectivity index (χ1v) is 9.42. The average Bonchev–Trinajstić information content (AvgIpc) is 3.24. The minimum atomic E-state index is 0.0755. The van der Waals surface area contributed by atoms with Crippen LogP contribution in [0.25, 0.3) is 38.6 Å². The Balaban J connectivity index is 1.61. The van der Waals surface area contributed by atoms with Gasteiger partial charge in [-0.2, -0.15) is 4.57 Å². The van der Waals surface area contributed by atoms with Crippen LogP contribution in [0.5, 0.6) is 0 Å². The second-order valence-electron chi connectivity index (χ2n) is 7.42. The van der Waals surface area contributed by atoms with Crippen molar-refractivity contribution < 1.29 is 9.36 Å². The maximum atomic E-state index is 13.1. The highest BCUT2D eigenvalue weighted by molar-refractivity contribution is 6.20. The van der Waals surface area contributed by atoms with Crippen LogP contribution in [-0.4, -0.2) is 10.8 Å². The van der Waals surface area contributed by atoms with Gasteiger partial charge in [-0.05, 0) is 36.2 Å². The van der Waals surface area contributed by atoms with E-state index in [9.17, 15) is 4.79 Å². The van der Waals surface area contributed by atoms with Gasteiger partial charge in [0.1, 0.15) is 11.1 Å². The molecule has 0 spiro atoms. The number of H-pyrrole nitrogens is 1. The third kappa shape index (κ3) is 1.99. The Labute approximate surface area is 161 Å². The Morgan fingerprint density at radius 1 is 0.821 bits per heavy atom. The number of ketones is 1. The maximum absolute atomic E-state index is 13.1. The number of pyridine rings is 1. The summed E-state index contributed by atoms with van der Waals surface area (Å²) in [5, 5.41) is 2.22. The zero-order valence-corrected chi connectivity index (χ0v) is 15.4. The van der Waals surface area contributed by atoms with E-state index >= 15 is 0 Å². The molecule has 3 aromatic carbocycles. The summed E-state index contributed by atoms with van der Waals surface area (Å²) >= 11 is 0. The van der Waals surface area contributed by atoms with Gasteiger partial charge in [0, 0.05) is 28.4 Å². The van der Waals surface area contributed by atoms with E-state index in [1.54, 1.807) is 0 Å². The zero-order valence-electron chi connectivity index (χ0n) is 15.4. The number of fused-ring (bicyclic) bond motifs is 7. The van der Waals surface area contributed by atoms with E-state index in [0.29, 0.717) is 5.69 Å². The van der Waals surface area contributed by atoms with E-state index in [4.69, 9.17) is 0 Å². The normalized spacial score (nSPS) is 12.5. The number of benzene rings is 3. The lowest BCUT2D eigenvalue weighted by atomic mass is 10.0. The second-order valence-corrected chi connectivity index (χ2v) is 7.42. The van der Waals surface area contributed by atoms with Gasteiger partial charge in [-0.3, -0.25) is 4.79 Å². The van der Waals surface area contributed by atoms with Gasteiger partial charge < -0.3 is 4.98 Å². The fourth-order valence-electron chi connectivity index (χ4n) is 4.27. The van der Waals surface area contributed by atoms with Crippen LogP contribution < -0.4 is 4.57 Å². The molecule has 1 N–H and O–H groups in total. The van der Waals surface area contributed by atoms with E-state index < -0.39 is 0 Å². The van der Waals surface area contributed by atoms with Crippen molar-refractivity contribution in [1.29, 1.82) is 0 Å². The van der Waals surface area contributed by atoms with Crippen molar-refractivity contribution in [3.63, 3.8) is 0 Å². The summed E-state index contributed by atoms with van der Waals surface area (Å²) in [4.78, 5) is 16.5. The number of carbonyl (C=O) groups is 1. The number of carbonyl (C=O) groups excluding carboxylic acids is 1. The molecule has 1 aliphatic heterocycles. The van der Waals surface area contributed by atoms with Gasteiger partial charge in [-0.15, -0.1) is 0 Å². The summed E-state index contributed by atoms with van der Waals surface area (Å²) < 4.78 is 2.00. The molecule has 5 aromatic rings. The molecule has 0 unspecified atom stereocenters. The van der Waals surface area contributed by atoms with Crippen LogP contribution in [0.4, 0.5) is 0 Å². The number of aromatic amines is 1. The molecule has 1 aliphatic rings. The molecule has 28 heavy (non-hydrogen) atoms. The Bertz CT molecular complexity index is 1420. The van der Waals surface area contributed by atoms with Gasteiger partial charge in [0.25, 0.3) is 11.5 Å². The lowest BCUT2D eigenvalue weighted by Crippen LogP contribution is -2.31. The summed E-state index contributed by atoms with van der Waals surface area (Å²) in [7, 11) is 0. The smallest absolute Gasteiger partial charge is 0.284 e. The molecule has 0 saturated heterocycles. The highest BCUT2D eigenvalue weighted by Crippen LogP contribution is 2.33. The summed E-state index contributed by atoms with van der Waals surface area (Å²) in [5.41, 5.74) is 7.99. The van der Waals surface area contributed by atoms with Gasteiger partial charge in [-0.25, -0.2) is 0 Å². The van der Waals surface area contributed by atoms with Crippen LogP contribution in [0.3, 0.4) is 0 Å². The third-order valence-electron chi connectivity index (χ3n) is 5.71. The van der Waals surface area contributed by atoms with Crippen LogP contribution in [0, 0.1) is 6.92 Å². The average molecular weight is 361 g/mol. The number of rotatable bonds is 1. The molecule has 3 heteroatoms. The predicted octanol–water partition coefficient (Wildman–Crippen LogP) is 5.12. The topological polar surface area (TPSA) is 36.7 Å². The molecule has 0 atom stereocenters. The van der Waals surface area contributed by atoms with Gasteiger partial charge in [0.2, 0.25) is 5.69 Å². The molecule has 0 amide bonds. The van der Waals surface area contributed by atoms with E-state index in [0.717, 1.165) is 33.1 Å². The Morgan fingerprint density at radius 3 is 2.46 bits per heavy atom. The van der Waals surface area contributed by atoms with Gasteiger partial charge in [0.05, 0.1) is 0 Å². The number of nitrogens with zero attached hydrogens (tertiary/aromatic N) is 1. The van der Waals surface area contributed by atoms with E-state index in [1.807, 2.05) is 35.0 Å². The Morgan fingerprint density at radius 2 is 1.61 bits per heavy atom. The molecular weight excluding hydrogens is 344 g/mol. The van der Waals surface area contributed by atoms with Crippen molar-refractivity contribution in [2.45, 2.75) is 6.92 Å². The SMILES string of the molecule is Cc1ccc(-c2ccc3[nH]c4c5[n+](ccc4c3c2)-c2ccccc2C5=O)cc1. The van der Waals surface area contributed by atoms with Crippen molar-refractivity contribution in [2.24, 2.45) is 0 Å². The van der Waals surface area contributed by atoms with Crippen molar-refractivity contribution in [3.8, 4) is 16.8 Å². The Kier molecular flexibility index (Phi) is 2.96. The molecule has 0 bridgehead atoms. The summed E-state index contributed by atoms with van der Waals surface area (Å²) in [6, 6.07) is 24.9. The van der Waals surface area contributed by atoms with Gasteiger partial charge in [0.15, 0.2) is 6.20 Å². The van der Waals surface area contributed by atoms with Crippen LogP contribution in [0.1, 0.15) is 21.6 Å². The number of hydrogen-bond acceptors (Lipinski definition) is 1. The van der Waals surface area contributed by atoms with Crippen LogP contribution in [0.2, 0.25) is 0 Å². The molecule has 0 aliphatic carbocycles. The van der Waals surface area contributed by atoms with Crippen molar-refractivity contribution >= 4 is 27.6 Å².